The van der Waals surface area contributed by atoms with E-state index < -0.39 is 29.3 Å². The monoisotopic (exact) mass is 449 g/mol. The summed E-state index contributed by atoms with van der Waals surface area (Å²) in [7, 11) is 0. The van der Waals surface area contributed by atoms with Gasteiger partial charge in [0.1, 0.15) is 0 Å². The summed E-state index contributed by atoms with van der Waals surface area (Å²) in [6.45, 7) is -0.0303. The van der Waals surface area contributed by atoms with Crippen molar-refractivity contribution in [2.75, 3.05) is 23.4 Å². The second kappa shape index (κ2) is 9.35. The minimum atomic E-state index is -0.687. The summed E-state index contributed by atoms with van der Waals surface area (Å²) in [5.74, 6) is -1.37. The molecular weight excluding hydrogens is 430 g/mol. The van der Waals surface area contributed by atoms with Crippen molar-refractivity contribution in [3.05, 3.63) is 87.9 Å². The van der Waals surface area contributed by atoms with Gasteiger partial charge in [0.05, 0.1) is 16.7 Å². The van der Waals surface area contributed by atoms with Crippen molar-refractivity contribution in [2.24, 2.45) is 0 Å². The lowest BCUT2D eigenvalue weighted by Crippen LogP contribution is -2.38. The van der Waals surface area contributed by atoms with Gasteiger partial charge in [0.25, 0.3) is 17.5 Å². The molecule has 2 heterocycles. The zero-order valence-corrected chi connectivity index (χ0v) is 17.4. The Hall–Kier alpha value is -4.47. The molecule has 0 fully saturated rings. The number of aryl methyl sites for hydroxylation is 1. The number of fused-ring (bicyclic) bond motifs is 1. The van der Waals surface area contributed by atoms with Gasteiger partial charge in [-0.2, -0.15) is 0 Å². The lowest BCUT2D eigenvalue weighted by Gasteiger charge is -2.29. The SMILES string of the molecule is O=C(OCC(=O)N1CCCc2cc([N+](=O)[O-])ccc21)c1ccc(NC(=O)c2ccco2)cc1. The Balaban J connectivity index is 1.35. The van der Waals surface area contributed by atoms with E-state index in [0.717, 1.165) is 0 Å². The van der Waals surface area contributed by atoms with Gasteiger partial charge in [-0.3, -0.25) is 19.7 Å². The van der Waals surface area contributed by atoms with Crippen LogP contribution in [0.3, 0.4) is 0 Å². The highest BCUT2D eigenvalue weighted by molar-refractivity contribution is 6.02. The summed E-state index contributed by atoms with van der Waals surface area (Å²) >= 11 is 0. The zero-order chi connectivity index (χ0) is 23.4. The minimum Gasteiger partial charge on any atom is -0.459 e. The maximum Gasteiger partial charge on any atom is 0.338 e. The van der Waals surface area contributed by atoms with Crippen LogP contribution in [0.25, 0.3) is 0 Å². The van der Waals surface area contributed by atoms with Crippen molar-refractivity contribution in [1.29, 1.82) is 0 Å². The minimum absolute atomic E-state index is 0.0294. The number of nitro groups is 1. The number of furan rings is 1. The Kier molecular flexibility index (Phi) is 6.16. The zero-order valence-electron chi connectivity index (χ0n) is 17.4. The number of non-ortho nitro benzene ring substituents is 1. The molecule has 0 unspecified atom stereocenters. The van der Waals surface area contributed by atoms with Gasteiger partial charge in [-0.25, -0.2) is 4.79 Å². The molecule has 168 valence electrons. The number of ether oxygens (including phenoxy) is 1. The van der Waals surface area contributed by atoms with E-state index in [9.17, 15) is 24.5 Å². The molecule has 0 spiro atoms. The number of benzene rings is 2. The van der Waals surface area contributed by atoms with Crippen LogP contribution in [0.15, 0.2) is 65.3 Å². The van der Waals surface area contributed by atoms with Crippen LogP contribution >= 0.6 is 0 Å². The Labute approximate surface area is 187 Å². The summed E-state index contributed by atoms with van der Waals surface area (Å²) < 4.78 is 10.2. The van der Waals surface area contributed by atoms with Crippen molar-refractivity contribution in [2.45, 2.75) is 12.8 Å². The molecule has 0 aliphatic carbocycles. The Morgan fingerprint density at radius 3 is 2.61 bits per heavy atom. The van der Waals surface area contributed by atoms with Crippen LogP contribution in [0.1, 0.15) is 32.9 Å². The van der Waals surface area contributed by atoms with Crippen LogP contribution in [-0.4, -0.2) is 35.9 Å². The Morgan fingerprint density at radius 2 is 1.91 bits per heavy atom. The fourth-order valence-corrected chi connectivity index (χ4v) is 3.53. The molecule has 4 rings (SSSR count). The normalized spacial score (nSPS) is 12.5. The quantitative estimate of drug-likeness (QED) is 0.346. The van der Waals surface area contributed by atoms with Gasteiger partial charge >= 0.3 is 5.97 Å². The van der Waals surface area contributed by atoms with Crippen molar-refractivity contribution >= 4 is 34.8 Å². The fraction of sp³-hybridized carbons (Fsp3) is 0.174. The van der Waals surface area contributed by atoms with Gasteiger partial charge in [-0.1, -0.05) is 0 Å². The highest BCUT2D eigenvalue weighted by atomic mass is 16.6. The molecule has 1 aliphatic rings. The highest BCUT2D eigenvalue weighted by Crippen LogP contribution is 2.30. The Morgan fingerprint density at radius 1 is 1.12 bits per heavy atom. The summed E-state index contributed by atoms with van der Waals surface area (Å²) in [5.41, 5.74) is 1.95. The van der Waals surface area contributed by atoms with Gasteiger partial charge in [-0.15, -0.1) is 0 Å². The highest BCUT2D eigenvalue weighted by Gasteiger charge is 2.25. The number of nitrogens with one attached hydrogen (secondary N) is 1. The van der Waals surface area contributed by atoms with Crippen molar-refractivity contribution < 1.29 is 28.5 Å². The number of nitrogens with zero attached hydrogens (tertiary/aromatic N) is 2. The third kappa shape index (κ3) is 4.90. The molecule has 2 amide bonds. The topological polar surface area (TPSA) is 132 Å². The second-order valence-electron chi connectivity index (χ2n) is 7.30. The van der Waals surface area contributed by atoms with Gasteiger partial charge in [0.2, 0.25) is 0 Å². The lowest BCUT2D eigenvalue weighted by atomic mass is 10.0. The Bertz CT molecular complexity index is 1200. The van der Waals surface area contributed by atoms with Crippen LogP contribution in [0.4, 0.5) is 17.1 Å². The van der Waals surface area contributed by atoms with Crippen molar-refractivity contribution in [1.82, 2.24) is 0 Å². The first-order chi connectivity index (χ1) is 15.9. The third-order valence-corrected chi connectivity index (χ3v) is 5.14. The standard InChI is InChI=1S/C23H19N3O7/c27-21(25-11-1-3-16-13-18(26(30)31)9-10-19(16)25)14-33-23(29)15-5-7-17(8-6-15)24-22(28)20-4-2-12-32-20/h2,4-10,12-13H,1,3,11,14H2,(H,24,28). The summed E-state index contributed by atoms with van der Waals surface area (Å²) in [6, 6.07) is 13.5. The number of amides is 2. The molecule has 1 aromatic heterocycles. The van der Waals surface area contributed by atoms with E-state index in [1.807, 2.05) is 0 Å². The van der Waals surface area contributed by atoms with E-state index in [-0.39, 0.29) is 17.0 Å². The molecule has 33 heavy (non-hydrogen) atoms. The largest absolute Gasteiger partial charge is 0.459 e. The van der Waals surface area contributed by atoms with Gasteiger partial charge in [-0.05, 0) is 60.9 Å². The average Bonchev–Trinajstić information content (AvgIpc) is 3.37. The molecule has 1 aliphatic heterocycles. The molecule has 0 bridgehead atoms. The lowest BCUT2D eigenvalue weighted by molar-refractivity contribution is -0.384. The fourth-order valence-electron chi connectivity index (χ4n) is 3.53. The number of carbonyl (C=O) groups excluding carboxylic acids is 3. The maximum absolute atomic E-state index is 12.7. The van der Waals surface area contributed by atoms with E-state index in [1.165, 1.54) is 53.6 Å². The van der Waals surface area contributed by atoms with Crippen molar-refractivity contribution in [3.8, 4) is 0 Å². The van der Waals surface area contributed by atoms with Crippen molar-refractivity contribution in [3.63, 3.8) is 0 Å². The molecule has 0 atom stereocenters. The first-order valence-corrected chi connectivity index (χ1v) is 10.1. The summed E-state index contributed by atoms with van der Waals surface area (Å²) in [4.78, 5) is 49.0. The van der Waals surface area contributed by atoms with Crippen LogP contribution < -0.4 is 10.2 Å². The molecule has 3 aromatic rings. The number of hydrogen-bond acceptors (Lipinski definition) is 7. The molecule has 10 heteroatoms. The van der Waals surface area contributed by atoms with E-state index in [0.29, 0.717) is 36.3 Å². The first-order valence-electron chi connectivity index (χ1n) is 10.1. The van der Waals surface area contributed by atoms with E-state index in [1.54, 1.807) is 12.1 Å². The average molecular weight is 449 g/mol. The van der Waals surface area contributed by atoms with E-state index in [2.05, 4.69) is 5.32 Å². The smallest absolute Gasteiger partial charge is 0.338 e. The predicted molar refractivity (Wildman–Crippen MR) is 117 cm³/mol. The third-order valence-electron chi connectivity index (χ3n) is 5.14. The van der Waals surface area contributed by atoms with Crippen LogP contribution in [-0.2, 0) is 16.0 Å². The van der Waals surface area contributed by atoms with Gasteiger partial charge < -0.3 is 19.4 Å². The molecule has 10 nitrogen and oxygen atoms in total. The molecule has 0 saturated heterocycles. The van der Waals surface area contributed by atoms with E-state index in [4.69, 9.17) is 9.15 Å². The second-order valence-corrected chi connectivity index (χ2v) is 7.30. The van der Waals surface area contributed by atoms with Gasteiger partial charge in [0, 0.05) is 30.1 Å². The number of nitro benzene ring substituents is 1. The van der Waals surface area contributed by atoms with Gasteiger partial charge in [0.15, 0.2) is 12.4 Å². The summed E-state index contributed by atoms with van der Waals surface area (Å²) in [5, 5.41) is 13.6. The molecule has 2 aromatic carbocycles. The summed E-state index contributed by atoms with van der Waals surface area (Å²) in [6.07, 6.45) is 2.67. The molecular formula is C23H19N3O7. The molecule has 1 N–H and O–H groups in total. The maximum atomic E-state index is 12.7. The first kappa shape index (κ1) is 21.8. The van der Waals surface area contributed by atoms with Crippen LogP contribution in [0.5, 0.6) is 0 Å². The number of hydrogen-bond donors (Lipinski definition) is 1. The number of esters is 1. The van der Waals surface area contributed by atoms with E-state index >= 15 is 0 Å². The predicted octanol–water partition coefficient (Wildman–Crippen LogP) is 3.58. The van der Waals surface area contributed by atoms with Crippen LogP contribution in [0.2, 0.25) is 0 Å². The number of anilines is 2. The number of rotatable bonds is 6. The molecule has 0 saturated carbocycles. The van der Waals surface area contributed by atoms with Crippen LogP contribution in [0, 0.1) is 10.1 Å². The number of carbonyl (C=O) groups is 3. The molecule has 0 radical (unpaired) electrons.